The van der Waals surface area contributed by atoms with Crippen molar-refractivity contribution < 1.29 is 65.5 Å². The predicted octanol–water partition coefficient (Wildman–Crippen LogP) is 19.0. The van der Waals surface area contributed by atoms with E-state index in [1.807, 2.05) is 175 Å². The van der Waals surface area contributed by atoms with Crippen LogP contribution >= 0.6 is 60.1 Å². The number of carbonyl (C=O) groups excluding carboxylic acids is 4. The van der Waals surface area contributed by atoms with Gasteiger partial charge in [0.2, 0.25) is 0 Å². The Labute approximate surface area is 525 Å². The van der Waals surface area contributed by atoms with Crippen molar-refractivity contribution in [3.63, 3.8) is 0 Å². The largest absolute Gasteiger partial charge is 0.751 e. The van der Waals surface area contributed by atoms with Crippen molar-refractivity contribution in [1.82, 2.24) is 0 Å². The van der Waals surface area contributed by atoms with Gasteiger partial charge in [-0.05, 0) is 137 Å². The van der Waals surface area contributed by atoms with Crippen LogP contribution in [-0.4, -0.2) is 65.2 Å². The number of hydrogen-bond donors (Lipinski definition) is 2. The molecule has 0 fully saturated rings. The van der Waals surface area contributed by atoms with Crippen molar-refractivity contribution in [1.29, 1.82) is 0 Å². The van der Waals surface area contributed by atoms with E-state index in [0.29, 0.717) is 43.5 Å². The molecular weight excluding hydrogens is 1190 g/mol. The number of carbonyl (C=O) groups is 4. The quantitative estimate of drug-likeness (QED) is 0.0435. The van der Waals surface area contributed by atoms with E-state index in [1.54, 1.807) is 41.5 Å². The van der Waals surface area contributed by atoms with Gasteiger partial charge in [-0.15, -0.1) is 49.2 Å². The van der Waals surface area contributed by atoms with Gasteiger partial charge in [-0.25, -0.2) is 9.05 Å². The molecule has 3 aromatic rings. The summed E-state index contributed by atoms with van der Waals surface area (Å²) in [5.41, 5.74) is -2.01. The molecule has 0 saturated carbocycles. The van der Waals surface area contributed by atoms with Crippen LogP contribution in [0.4, 0.5) is 0 Å². The molecular formula is C65H100O14P3S3+3. The normalized spacial score (nSPS) is 14.2. The van der Waals surface area contributed by atoms with Gasteiger partial charge in [-0.2, -0.15) is 0 Å². The summed E-state index contributed by atoms with van der Waals surface area (Å²) in [5.74, 6) is -0.731. The summed E-state index contributed by atoms with van der Waals surface area (Å²) in [4.78, 5) is 67.9. The van der Waals surface area contributed by atoms with Crippen LogP contribution < -0.4 is 9.05 Å². The van der Waals surface area contributed by atoms with E-state index in [0.717, 1.165) is 16.0 Å². The van der Waals surface area contributed by atoms with E-state index in [1.165, 1.54) is 49.1 Å². The Morgan fingerprint density at radius 2 is 0.753 bits per heavy atom. The average Bonchev–Trinajstić information content (AvgIpc) is 1.22. The molecule has 0 aromatic heterocycles. The number of phenols is 1. The van der Waals surface area contributed by atoms with Crippen LogP contribution in [0, 0.1) is 0 Å². The number of thioether (sulfide) groups is 3. The molecule has 0 aliphatic rings. The van der Waals surface area contributed by atoms with Crippen LogP contribution in [0.15, 0.2) is 51.1 Å². The lowest BCUT2D eigenvalue weighted by Gasteiger charge is -2.34. The van der Waals surface area contributed by atoms with Crippen LogP contribution in [0.3, 0.4) is 0 Å². The van der Waals surface area contributed by atoms with Crippen LogP contribution in [-0.2, 0) is 78.9 Å². The van der Waals surface area contributed by atoms with Crippen LogP contribution in [0.5, 0.6) is 17.2 Å². The fourth-order valence-electron chi connectivity index (χ4n) is 9.75. The Kier molecular flexibility index (Phi) is 24.4. The van der Waals surface area contributed by atoms with Gasteiger partial charge < -0.3 is 5.11 Å². The molecule has 3 unspecified atom stereocenters. The minimum absolute atomic E-state index is 0.169. The Bertz CT molecular complexity index is 2940. The van der Waals surface area contributed by atoms with Crippen LogP contribution in [0.1, 0.15) is 247 Å². The smallest absolute Gasteiger partial charge is 0.507 e. The fraction of sp³-hybridized carbons (Fsp3) is 0.662. The lowest BCUT2D eigenvalue weighted by Crippen LogP contribution is -2.48. The summed E-state index contributed by atoms with van der Waals surface area (Å²) in [6.45, 7) is 52.5. The van der Waals surface area contributed by atoms with Gasteiger partial charge in [0, 0.05) is 61.8 Å². The molecule has 85 heavy (non-hydrogen) atoms. The maximum absolute atomic E-state index is 15.2. The first kappa shape index (κ1) is 76.2. The summed E-state index contributed by atoms with van der Waals surface area (Å²) < 4.78 is 66.5. The predicted molar refractivity (Wildman–Crippen MR) is 349 cm³/mol. The lowest BCUT2D eigenvalue weighted by molar-refractivity contribution is -0.137. The second kappa shape index (κ2) is 27.2. The zero-order valence-corrected chi connectivity index (χ0v) is 61.3. The summed E-state index contributed by atoms with van der Waals surface area (Å²) in [7, 11) is -8.97. The molecule has 0 amide bonds. The Hall–Kier alpha value is -3.07. The number of Topliss-reactive ketones (excluding diaryl/α,β-unsaturated/α-hetero) is 4. The molecule has 20 heteroatoms. The Morgan fingerprint density at radius 1 is 0.447 bits per heavy atom. The highest BCUT2D eigenvalue weighted by Gasteiger charge is 2.53. The van der Waals surface area contributed by atoms with E-state index < -0.39 is 96.5 Å². The first-order valence-electron chi connectivity index (χ1n) is 28.9. The van der Waals surface area contributed by atoms with E-state index in [9.17, 15) is 38.1 Å². The maximum Gasteiger partial charge on any atom is 0.751 e. The lowest BCUT2D eigenvalue weighted by atomic mass is 9.79. The summed E-state index contributed by atoms with van der Waals surface area (Å²) in [6, 6.07) is 11.4. The molecule has 14 nitrogen and oxygen atoms in total. The minimum Gasteiger partial charge on any atom is -0.507 e. The SMILES string of the molecule is CCC(CC)(O[P+](=O)Oc1c(C(C)(C)C)cc(SC(C)(C)C(=O)C(C)(C)O[P+](=O)O)cc1C(C)(C)C)C(=O)C(C)(C)Sc1cc(C(C)(C)C)c(O[P+](=O)OCC(=O)CC(=O)C(C)(C)Sc2cc(C(C)(C)C)c(O)c(C(C)(C)C)c2)c(C(C)(C)C)c1. The minimum atomic E-state index is -3.04. The third kappa shape index (κ3) is 20.0. The summed E-state index contributed by atoms with van der Waals surface area (Å²) >= 11 is 3.89. The first-order valence-corrected chi connectivity index (χ1v) is 34.7. The van der Waals surface area contributed by atoms with Crippen molar-refractivity contribution in [2.75, 3.05) is 6.61 Å². The third-order valence-electron chi connectivity index (χ3n) is 14.6. The second-order valence-corrected chi connectivity index (χ2v) is 37.7. The first-order chi connectivity index (χ1) is 38.0. The highest BCUT2D eigenvalue weighted by atomic mass is 32.2. The number of ketones is 4. The van der Waals surface area contributed by atoms with Gasteiger partial charge >= 0.3 is 24.8 Å². The molecule has 2 N–H and O–H groups in total. The van der Waals surface area contributed by atoms with E-state index in [-0.39, 0.29) is 41.0 Å². The topological polar surface area (TPSA) is 206 Å². The van der Waals surface area contributed by atoms with Gasteiger partial charge in [0.1, 0.15) is 5.75 Å². The molecule has 3 aromatic carbocycles. The van der Waals surface area contributed by atoms with Crippen molar-refractivity contribution in [2.24, 2.45) is 0 Å². The number of rotatable bonds is 26. The fourth-order valence-corrected chi connectivity index (χ4v) is 15.5. The number of aromatic hydroxyl groups is 1. The number of hydrogen-bond acceptors (Lipinski definition) is 16. The molecule has 0 bridgehead atoms. The number of phenolic OH excluding ortho intramolecular Hbond substituents is 1. The molecule has 0 aliphatic heterocycles. The molecule has 474 valence electrons. The summed E-state index contributed by atoms with van der Waals surface area (Å²) in [5, 5.41) is 11.3. The van der Waals surface area contributed by atoms with Gasteiger partial charge in [-0.3, -0.25) is 19.2 Å². The maximum atomic E-state index is 15.2. The van der Waals surface area contributed by atoms with E-state index >= 15 is 4.79 Å². The highest BCUT2D eigenvalue weighted by molar-refractivity contribution is 8.02. The Morgan fingerprint density at radius 3 is 1.07 bits per heavy atom. The summed E-state index contributed by atoms with van der Waals surface area (Å²) in [6.07, 6.45) is -0.123. The van der Waals surface area contributed by atoms with Crippen LogP contribution in [0.2, 0.25) is 0 Å². The molecule has 0 heterocycles. The Balaban J connectivity index is 1.97. The van der Waals surface area contributed by atoms with Crippen molar-refractivity contribution >= 4 is 83.2 Å². The van der Waals surface area contributed by atoms with Gasteiger partial charge in [0.15, 0.2) is 52.4 Å². The zero-order chi connectivity index (χ0) is 66.2. The second-order valence-electron chi connectivity index (χ2n) is 30.2. The zero-order valence-electron chi connectivity index (χ0n) is 56.2. The van der Waals surface area contributed by atoms with E-state index in [2.05, 4.69) is 0 Å². The standard InChI is InChI=1S/C65H98O14P3S3/c1-29-65(30-2,79-82(74)77-52-47(59(15,16)17)34-41(35-48(52)60(18,19)20)84-63(25,26)53(69)61(21,22)78-80(71)72)54(70)64(27,28)85-42-36-45(57(9,10)11)51(46(37-42)58(12,13)14)76-81(73)75-38-39(66)31-49(67)62(23,24)83-40-32-43(55(3,4)5)50(68)44(33-40)56(6,7)8/h32-37H,29-31,38H2,1-28H3/q+1/p+2. The van der Waals surface area contributed by atoms with E-state index in [4.69, 9.17) is 22.6 Å². The van der Waals surface area contributed by atoms with Gasteiger partial charge in [0.05, 0.1) is 20.7 Å². The average molecular weight is 1290 g/mol. The van der Waals surface area contributed by atoms with Crippen LogP contribution in [0.25, 0.3) is 0 Å². The highest BCUT2D eigenvalue weighted by Crippen LogP contribution is 2.53. The molecule has 3 atom stereocenters. The van der Waals surface area contributed by atoms with Crippen molar-refractivity contribution in [3.8, 4) is 17.2 Å². The van der Waals surface area contributed by atoms with Gasteiger partial charge in [0.25, 0.3) is 0 Å². The van der Waals surface area contributed by atoms with Crippen molar-refractivity contribution in [2.45, 2.75) is 286 Å². The molecule has 0 radical (unpaired) electrons. The molecule has 0 saturated heterocycles. The third-order valence-corrected chi connectivity index (χ3v) is 20.3. The van der Waals surface area contributed by atoms with Gasteiger partial charge in [-0.1, -0.05) is 143 Å². The molecule has 0 aliphatic carbocycles. The monoisotopic (exact) mass is 1290 g/mol. The molecule has 0 spiro atoms. The van der Waals surface area contributed by atoms with Crippen molar-refractivity contribution in [3.05, 3.63) is 69.8 Å². The molecule has 3 rings (SSSR count). The number of benzene rings is 3.